The van der Waals surface area contributed by atoms with Gasteiger partial charge in [-0.15, -0.1) is 11.8 Å². The molecule has 2 nitrogen and oxygen atoms in total. The molecule has 1 N–H and O–H groups in total. The number of carbonyl (C=O) groups excluding carboxylic acids is 1. The van der Waals surface area contributed by atoms with E-state index in [4.69, 9.17) is 0 Å². The fourth-order valence-corrected chi connectivity index (χ4v) is 2.83. The van der Waals surface area contributed by atoms with Gasteiger partial charge in [-0.3, -0.25) is 4.79 Å². The molecule has 2 atom stereocenters. The highest BCUT2D eigenvalue weighted by Gasteiger charge is 2.35. The van der Waals surface area contributed by atoms with Gasteiger partial charge in [0.15, 0.2) is 5.78 Å². The Kier molecular flexibility index (Phi) is 3.17. The topological polar surface area (TPSA) is 37.3 Å². The number of allylic oxidation sites excluding steroid dienone is 1. The Bertz CT molecular complexity index is 409. The van der Waals surface area contributed by atoms with Gasteiger partial charge < -0.3 is 5.11 Å². The minimum Gasteiger partial charge on any atom is -0.388 e. The van der Waals surface area contributed by atoms with Crippen LogP contribution in [0.2, 0.25) is 0 Å². The molecule has 2 rings (SSSR count). The van der Waals surface area contributed by atoms with Crippen molar-refractivity contribution in [3.63, 3.8) is 0 Å². The molecule has 16 heavy (non-hydrogen) atoms. The van der Waals surface area contributed by atoms with Gasteiger partial charge in [0.1, 0.15) is 0 Å². The van der Waals surface area contributed by atoms with Gasteiger partial charge in [0.2, 0.25) is 0 Å². The predicted molar refractivity (Wildman–Crippen MR) is 65.5 cm³/mol. The van der Waals surface area contributed by atoms with E-state index in [1.165, 1.54) is 0 Å². The van der Waals surface area contributed by atoms with Gasteiger partial charge in [-0.1, -0.05) is 24.3 Å². The fraction of sp³-hybridized carbons (Fsp3) is 0.308. The Labute approximate surface area is 99.4 Å². The maximum atomic E-state index is 11.2. The standard InChI is InChI=1S/C13H14O2S/c1-13(15)9-10(14)7-8-12(13)16-11-5-3-2-4-6-11/h2-8,12,15H,9H2,1H3/t12-,13+/m1/s1. The number of rotatable bonds is 2. The second-order valence-electron chi connectivity index (χ2n) is 4.21. The highest BCUT2D eigenvalue weighted by atomic mass is 32.2. The van der Waals surface area contributed by atoms with Gasteiger partial charge in [0, 0.05) is 11.3 Å². The molecule has 1 aromatic carbocycles. The zero-order valence-electron chi connectivity index (χ0n) is 9.09. The van der Waals surface area contributed by atoms with Crippen LogP contribution >= 0.6 is 11.8 Å². The van der Waals surface area contributed by atoms with Crippen LogP contribution in [0.1, 0.15) is 13.3 Å². The van der Waals surface area contributed by atoms with Gasteiger partial charge in [0.25, 0.3) is 0 Å². The van der Waals surface area contributed by atoms with Crippen molar-refractivity contribution >= 4 is 17.5 Å². The summed E-state index contributed by atoms with van der Waals surface area (Å²) in [5.74, 6) is -0.00471. The molecule has 1 aliphatic rings. The van der Waals surface area contributed by atoms with Crippen molar-refractivity contribution in [2.45, 2.75) is 29.1 Å². The number of aliphatic hydroxyl groups is 1. The van der Waals surface area contributed by atoms with E-state index in [0.717, 1.165) is 4.90 Å². The lowest BCUT2D eigenvalue weighted by atomic mass is 9.90. The van der Waals surface area contributed by atoms with Crippen molar-refractivity contribution in [2.75, 3.05) is 0 Å². The van der Waals surface area contributed by atoms with E-state index in [0.29, 0.717) is 0 Å². The van der Waals surface area contributed by atoms with E-state index >= 15 is 0 Å². The molecule has 0 unspecified atom stereocenters. The average molecular weight is 234 g/mol. The molecule has 0 heterocycles. The number of thioether (sulfide) groups is 1. The number of ketones is 1. The molecule has 0 radical (unpaired) electrons. The molecule has 84 valence electrons. The number of benzene rings is 1. The van der Waals surface area contributed by atoms with E-state index in [-0.39, 0.29) is 17.5 Å². The predicted octanol–water partition coefficient (Wildman–Crippen LogP) is 2.43. The normalized spacial score (nSPS) is 29.4. The van der Waals surface area contributed by atoms with Gasteiger partial charge in [0.05, 0.1) is 10.9 Å². The average Bonchev–Trinajstić information content (AvgIpc) is 2.23. The van der Waals surface area contributed by atoms with E-state index in [2.05, 4.69) is 0 Å². The highest BCUT2D eigenvalue weighted by Crippen LogP contribution is 2.35. The molecular weight excluding hydrogens is 220 g/mol. The van der Waals surface area contributed by atoms with Crippen LogP contribution in [0.4, 0.5) is 0 Å². The van der Waals surface area contributed by atoms with E-state index in [9.17, 15) is 9.90 Å². The SMILES string of the molecule is C[C@]1(O)CC(=O)C=C[C@H]1Sc1ccccc1. The van der Waals surface area contributed by atoms with E-state index in [1.54, 1.807) is 30.8 Å². The monoisotopic (exact) mass is 234 g/mol. The third-order valence-electron chi connectivity index (χ3n) is 2.61. The summed E-state index contributed by atoms with van der Waals surface area (Å²) < 4.78 is 0. The minimum atomic E-state index is -0.952. The first-order valence-corrected chi connectivity index (χ1v) is 6.11. The van der Waals surface area contributed by atoms with Crippen LogP contribution in [0.25, 0.3) is 0 Å². The lowest BCUT2D eigenvalue weighted by molar-refractivity contribution is -0.119. The summed E-state index contributed by atoms with van der Waals surface area (Å²) >= 11 is 1.58. The Balaban J connectivity index is 2.16. The van der Waals surface area contributed by atoms with Crippen molar-refractivity contribution in [3.8, 4) is 0 Å². The summed E-state index contributed by atoms with van der Waals surface area (Å²) in [5, 5.41) is 10.1. The fourth-order valence-electron chi connectivity index (χ4n) is 1.73. The lowest BCUT2D eigenvalue weighted by Gasteiger charge is -2.32. The summed E-state index contributed by atoms with van der Waals surface area (Å²) in [6.45, 7) is 1.72. The molecule has 3 heteroatoms. The third kappa shape index (κ3) is 2.54. The first-order chi connectivity index (χ1) is 7.58. The maximum Gasteiger partial charge on any atom is 0.158 e. The van der Waals surface area contributed by atoms with Crippen molar-refractivity contribution in [1.82, 2.24) is 0 Å². The zero-order chi connectivity index (χ0) is 11.6. The highest BCUT2D eigenvalue weighted by molar-refractivity contribution is 8.00. The van der Waals surface area contributed by atoms with Crippen LogP contribution in [-0.4, -0.2) is 21.7 Å². The second-order valence-corrected chi connectivity index (χ2v) is 5.43. The quantitative estimate of drug-likeness (QED) is 0.854. The van der Waals surface area contributed by atoms with Crippen LogP contribution in [0.5, 0.6) is 0 Å². The number of carbonyl (C=O) groups is 1. The van der Waals surface area contributed by atoms with E-state index in [1.807, 2.05) is 30.3 Å². The van der Waals surface area contributed by atoms with Crippen LogP contribution < -0.4 is 0 Å². The van der Waals surface area contributed by atoms with Crippen molar-refractivity contribution in [1.29, 1.82) is 0 Å². The van der Waals surface area contributed by atoms with Gasteiger partial charge >= 0.3 is 0 Å². The molecule has 0 amide bonds. The second kappa shape index (κ2) is 4.44. The molecule has 0 fully saturated rings. The van der Waals surface area contributed by atoms with Gasteiger partial charge in [-0.2, -0.15) is 0 Å². The Morgan fingerprint density at radius 1 is 1.38 bits per heavy atom. The molecule has 0 spiro atoms. The molecule has 0 aromatic heterocycles. The third-order valence-corrected chi connectivity index (χ3v) is 4.07. The van der Waals surface area contributed by atoms with Crippen molar-refractivity contribution in [3.05, 3.63) is 42.5 Å². The van der Waals surface area contributed by atoms with Crippen LogP contribution in [0.15, 0.2) is 47.4 Å². The minimum absolute atomic E-state index is 0.00471. The Hall–Kier alpha value is -1.06. The summed E-state index contributed by atoms with van der Waals surface area (Å²) in [7, 11) is 0. The Morgan fingerprint density at radius 3 is 2.69 bits per heavy atom. The molecule has 0 saturated carbocycles. The Morgan fingerprint density at radius 2 is 2.06 bits per heavy atom. The molecule has 0 saturated heterocycles. The van der Waals surface area contributed by atoms with Crippen LogP contribution in [-0.2, 0) is 4.79 Å². The lowest BCUT2D eigenvalue weighted by Crippen LogP contribution is -2.40. The molecule has 1 aliphatic carbocycles. The maximum absolute atomic E-state index is 11.2. The van der Waals surface area contributed by atoms with Crippen molar-refractivity contribution < 1.29 is 9.90 Å². The number of hydrogen-bond donors (Lipinski definition) is 1. The van der Waals surface area contributed by atoms with Gasteiger partial charge in [-0.25, -0.2) is 0 Å². The first-order valence-electron chi connectivity index (χ1n) is 5.23. The summed E-state index contributed by atoms with van der Waals surface area (Å²) in [4.78, 5) is 12.3. The smallest absolute Gasteiger partial charge is 0.158 e. The molecule has 0 bridgehead atoms. The zero-order valence-corrected chi connectivity index (χ0v) is 9.91. The molecule has 0 aliphatic heterocycles. The summed E-state index contributed by atoms with van der Waals surface area (Å²) in [5.41, 5.74) is -0.952. The summed E-state index contributed by atoms with van der Waals surface area (Å²) in [6, 6.07) is 9.90. The molecular formula is C13H14O2S. The molecule has 1 aromatic rings. The van der Waals surface area contributed by atoms with Crippen LogP contribution in [0, 0.1) is 0 Å². The number of hydrogen-bond acceptors (Lipinski definition) is 3. The first kappa shape index (κ1) is 11.4. The largest absolute Gasteiger partial charge is 0.388 e. The van der Waals surface area contributed by atoms with Crippen LogP contribution in [0.3, 0.4) is 0 Å². The van der Waals surface area contributed by atoms with E-state index < -0.39 is 5.60 Å². The van der Waals surface area contributed by atoms with Crippen molar-refractivity contribution in [2.24, 2.45) is 0 Å². The summed E-state index contributed by atoms with van der Waals surface area (Å²) in [6.07, 6.45) is 3.57. The van der Waals surface area contributed by atoms with Gasteiger partial charge in [-0.05, 0) is 25.1 Å².